The maximum atomic E-state index is 11.9. The van der Waals surface area contributed by atoms with Crippen molar-refractivity contribution in [2.45, 2.75) is 26.4 Å². The van der Waals surface area contributed by atoms with Crippen LogP contribution in [-0.4, -0.2) is 36.7 Å². The van der Waals surface area contributed by atoms with Crippen LogP contribution in [0.25, 0.3) is 0 Å². The highest BCUT2D eigenvalue weighted by Gasteiger charge is 2.38. The topological polar surface area (TPSA) is 111 Å². The molecule has 0 fully saturated rings. The molecular formula is C13H17N3O5S. The van der Waals surface area contributed by atoms with Crippen molar-refractivity contribution >= 4 is 35.1 Å². The predicted octanol–water partition coefficient (Wildman–Crippen LogP) is 2.06. The van der Waals surface area contributed by atoms with E-state index < -0.39 is 18.1 Å². The molecule has 3 N–H and O–H groups in total. The molecule has 1 aromatic heterocycles. The van der Waals surface area contributed by atoms with E-state index >= 15 is 0 Å². The number of carbonyl (C=O) groups excluding carboxylic acids is 3. The van der Waals surface area contributed by atoms with E-state index in [0.29, 0.717) is 17.8 Å². The summed E-state index contributed by atoms with van der Waals surface area (Å²) in [6, 6.07) is -1.13. The van der Waals surface area contributed by atoms with Crippen LogP contribution >= 0.6 is 11.3 Å². The van der Waals surface area contributed by atoms with Gasteiger partial charge in [-0.15, -0.1) is 11.3 Å². The minimum absolute atomic E-state index is 0.265. The number of carbonyl (C=O) groups is 3. The molecule has 2 heterocycles. The first kappa shape index (κ1) is 16.1. The second-order valence-corrected chi connectivity index (χ2v) is 5.73. The van der Waals surface area contributed by atoms with Crippen LogP contribution in [0.4, 0.5) is 15.3 Å². The van der Waals surface area contributed by atoms with Gasteiger partial charge >= 0.3 is 18.1 Å². The Labute approximate surface area is 131 Å². The van der Waals surface area contributed by atoms with E-state index in [-0.39, 0.29) is 17.5 Å². The molecule has 1 aliphatic rings. The third kappa shape index (κ3) is 2.71. The van der Waals surface area contributed by atoms with E-state index in [9.17, 15) is 14.4 Å². The summed E-state index contributed by atoms with van der Waals surface area (Å²) in [5, 5.41) is 2.46. The molecule has 0 aliphatic carbocycles. The first-order valence-electron chi connectivity index (χ1n) is 6.64. The van der Waals surface area contributed by atoms with E-state index in [1.165, 1.54) is 23.3 Å². The summed E-state index contributed by atoms with van der Waals surface area (Å²) in [6.07, 6.45) is -0.442. The molecule has 1 unspecified atom stereocenters. The van der Waals surface area contributed by atoms with Crippen molar-refractivity contribution in [3.8, 4) is 0 Å². The van der Waals surface area contributed by atoms with Crippen LogP contribution in [0.1, 0.15) is 40.0 Å². The molecule has 1 aliphatic heterocycles. The number of nitrogens with one attached hydrogen (secondary N) is 1. The smallest absolute Gasteiger partial charge is 0.410 e. The Morgan fingerprint density at radius 1 is 1.45 bits per heavy atom. The molecule has 9 heteroatoms. The highest BCUT2D eigenvalue weighted by atomic mass is 32.1. The second-order valence-electron chi connectivity index (χ2n) is 4.63. The van der Waals surface area contributed by atoms with Crippen molar-refractivity contribution in [2.75, 3.05) is 19.0 Å². The van der Waals surface area contributed by atoms with Gasteiger partial charge in [-0.25, -0.2) is 14.4 Å². The molecule has 3 amide bonds. The average Bonchev–Trinajstić information content (AvgIpc) is 2.96. The Hall–Kier alpha value is -2.29. The lowest BCUT2D eigenvalue weighted by Gasteiger charge is -2.22. The van der Waals surface area contributed by atoms with Crippen molar-refractivity contribution in [2.24, 2.45) is 5.73 Å². The van der Waals surface area contributed by atoms with Gasteiger partial charge in [0.2, 0.25) is 0 Å². The number of anilines is 1. The van der Waals surface area contributed by atoms with E-state index in [1.807, 2.05) is 0 Å². The lowest BCUT2D eigenvalue weighted by atomic mass is 10.1. The molecule has 0 aromatic carbocycles. The van der Waals surface area contributed by atoms with Gasteiger partial charge in [0, 0.05) is 10.4 Å². The molecule has 8 nitrogen and oxygen atoms in total. The van der Waals surface area contributed by atoms with Crippen molar-refractivity contribution in [1.29, 1.82) is 0 Å². The number of rotatable bonds is 3. The van der Waals surface area contributed by atoms with E-state index in [1.54, 1.807) is 13.8 Å². The third-order valence-electron chi connectivity index (χ3n) is 3.34. The fourth-order valence-electron chi connectivity index (χ4n) is 2.41. The largest absolute Gasteiger partial charge is 0.465 e. The monoisotopic (exact) mass is 327 g/mol. The number of hydrogen-bond donors (Lipinski definition) is 2. The number of urea groups is 1. The van der Waals surface area contributed by atoms with Gasteiger partial charge in [-0.2, -0.15) is 0 Å². The zero-order valence-corrected chi connectivity index (χ0v) is 13.3. The lowest BCUT2D eigenvalue weighted by molar-refractivity contribution is 0.0607. The highest BCUT2D eigenvalue weighted by molar-refractivity contribution is 7.14. The van der Waals surface area contributed by atoms with Gasteiger partial charge < -0.3 is 20.5 Å². The average molecular weight is 327 g/mol. The maximum Gasteiger partial charge on any atom is 0.410 e. The molecule has 0 bridgehead atoms. The third-order valence-corrected chi connectivity index (χ3v) is 4.51. The summed E-state index contributed by atoms with van der Waals surface area (Å²) < 4.78 is 9.72. The van der Waals surface area contributed by atoms with Crippen molar-refractivity contribution < 1.29 is 23.9 Å². The van der Waals surface area contributed by atoms with Gasteiger partial charge in [0.25, 0.3) is 0 Å². The fourth-order valence-corrected chi connectivity index (χ4v) is 3.67. The zero-order chi connectivity index (χ0) is 16.4. The zero-order valence-electron chi connectivity index (χ0n) is 12.5. The summed E-state index contributed by atoms with van der Waals surface area (Å²) in [7, 11) is 1.26. The fraction of sp³-hybridized carbons (Fsp3) is 0.462. The van der Waals surface area contributed by atoms with Gasteiger partial charge in [-0.05, 0) is 13.8 Å². The summed E-state index contributed by atoms with van der Waals surface area (Å²) in [4.78, 5) is 37.6. The Balaban J connectivity index is 2.41. The summed E-state index contributed by atoms with van der Waals surface area (Å²) in [5.41, 5.74) is 6.17. The molecule has 0 radical (unpaired) electrons. The predicted molar refractivity (Wildman–Crippen MR) is 79.8 cm³/mol. The number of esters is 1. The normalized spacial score (nSPS) is 16.1. The van der Waals surface area contributed by atoms with Crippen molar-refractivity contribution in [3.63, 3.8) is 0 Å². The first-order chi connectivity index (χ1) is 10.4. The van der Waals surface area contributed by atoms with Crippen LogP contribution in [0, 0.1) is 0 Å². The Morgan fingerprint density at radius 2 is 2.14 bits per heavy atom. The minimum Gasteiger partial charge on any atom is -0.465 e. The number of methoxy groups -OCH3 is 1. The van der Waals surface area contributed by atoms with Crippen LogP contribution in [0.5, 0.6) is 0 Å². The number of nitrogens with two attached hydrogens (primary N) is 1. The van der Waals surface area contributed by atoms with Gasteiger partial charge in [0.1, 0.15) is 4.88 Å². The summed E-state index contributed by atoms with van der Waals surface area (Å²) in [5.74, 6) is -0.557. The molecule has 1 atom stereocenters. The molecule has 120 valence electrons. The lowest BCUT2D eigenvalue weighted by Crippen LogP contribution is -2.29. The molecule has 0 saturated carbocycles. The minimum atomic E-state index is -0.785. The van der Waals surface area contributed by atoms with Crippen LogP contribution < -0.4 is 11.1 Å². The molecule has 0 spiro atoms. The summed E-state index contributed by atoms with van der Waals surface area (Å²) >= 11 is 1.17. The Kier molecular flexibility index (Phi) is 4.55. The van der Waals surface area contributed by atoms with E-state index in [0.717, 1.165) is 4.88 Å². The van der Waals surface area contributed by atoms with Gasteiger partial charge in [-0.1, -0.05) is 0 Å². The van der Waals surface area contributed by atoms with Crippen molar-refractivity contribution in [1.82, 2.24) is 4.90 Å². The quantitative estimate of drug-likeness (QED) is 0.825. The van der Waals surface area contributed by atoms with Gasteiger partial charge in [-0.3, -0.25) is 4.90 Å². The van der Waals surface area contributed by atoms with E-state index in [4.69, 9.17) is 15.2 Å². The highest BCUT2D eigenvalue weighted by Crippen LogP contribution is 2.46. The van der Waals surface area contributed by atoms with Gasteiger partial charge in [0.15, 0.2) is 0 Å². The van der Waals surface area contributed by atoms with Crippen molar-refractivity contribution in [3.05, 3.63) is 15.3 Å². The molecule has 0 saturated heterocycles. The number of ether oxygens (including phenoxy) is 2. The number of primary amides is 1. The number of amides is 3. The Morgan fingerprint density at radius 3 is 2.68 bits per heavy atom. The van der Waals surface area contributed by atoms with Crippen LogP contribution in [0.3, 0.4) is 0 Å². The standard InChI is InChI=1S/C13H17N3O5S/c1-4-21-13(19)16-5-7-8(6(16)2)9(15-12(14)18)10(22-7)11(17)20-3/h6H,4-5H2,1-3H3,(H3,14,15,18). The molecular weight excluding hydrogens is 310 g/mol. The number of fused-ring (bicyclic) bond motifs is 1. The summed E-state index contributed by atoms with van der Waals surface area (Å²) in [6.45, 7) is 4.10. The van der Waals surface area contributed by atoms with Gasteiger partial charge in [0.05, 0.1) is 32.0 Å². The molecule has 22 heavy (non-hydrogen) atoms. The Bertz CT molecular complexity index is 627. The van der Waals surface area contributed by atoms with Crippen LogP contribution in [0.15, 0.2) is 0 Å². The second kappa shape index (κ2) is 6.22. The van der Waals surface area contributed by atoms with Crippen LogP contribution in [0.2, 0.25) is 0 Å². The van der Waals surface area contributed by atoms with E-state index in [2.05, 4.69) is 5.32 Å². The molecule has 1 aromatic rings. The number of hydrogen-bond acceptors (Lipinski definition) is 6. The molecule has 2 rings (SSSR count). The number of thiophene rings is 1. The SMILES string of the molecule is CCOC(=O)N1Cc2sc(C(=O)OC)c(NC(N)=O)c2C1C. The maximum absolute atomic E-state index is 11.9. The first-order valence-corrected chi connectivity index (χ1v) is 7.46. The van der Waals surface area contributed by atoms with Crippen LogP contribution in [-0.2, 0) is 16.0 Å². The number of nitrogens with zero attached hydrogens (tertiary/aromatic N) is 1.